The Morgan fingerprint density at radius 1 is 1.12 bits per heavy atom. The highest BCUT2D eigenvalue weighted by Crippen LogP contribution is 2.33. The van der Waals surface area contributed by atoms with Gasteiger partial charge in [-0.3, -0.25) is 15.0 Å². The van der Waals surface area contributed by atoms with Crippen molar-refractivity contribution in [2.75, 3.05) is 30.6 Å². The van der Waals surface area contributed by atoms with E-state index in [2.05, 4.69) is 15.3 Å². The van der Waals surface area contributed by atoms with Crippen LogP contribution in [0.1, 0.15) is 20.3 Å². The average molecular weight is 479 g/mol. The van der Waals surface area contributed by atoms with E-state index in [1.54, 1.807) is 11.1 Å². The molecule has 2 heterocycles. The SMILES string of the molecule is CC.COc1cc(F)c([N+](=O)[O-])cc1Nc1cc(N2CCCO2)ncn1.Fc1cccc(F)c1. The average Bonchev–Trinajstić information content (AvgIpc) is 3.37. The van der Waals surface area contributed by atoms with Gasteiger partial charge >= 0.3 is 5.69 Å². The summed E-state index contributed by atoms with van der Waals surface area (Å²) >= 11 is 0. The van der Waals surface area contributed by atoms with E-state index in [1.165, 1.54) is 31.6 Å². The predicted molar refractivity (Wildman–Crippen MR) is 121 cm³/mol. The monoisotopic (exact) mass is 479 g/mol. The zero-order valence-corrected chi connectivity index (χ0v) is 18.8. The van der Waals surface area contributed by atoms with E-state index in [4.69, 9.17) is 9.57 Å². The van der Waals surface area contributed by atoms with Crippen LogP contribution in [-0.2, 0) is 4.84 Å². The summed E-state index contributed by atoms with van der Waals surface area (Å²) in [5.41, 5.74) is -0.437. The number of anilines is 3. The third-order valence-corrected chi connectivity index (χ3v) is 4.18. The summed E-state index contributed by atoms with van der Waals surface area (Å²) in [6.45, 7) is 5.33. The Bertz CT molecular complexity index is 1080. The molecule has 1 saturated heterocycles. The number of rotatable bonds is 5. The van der Waals surface area contributed by atoms with E-state index in [1.807, 2.05) is 13.8 Å². The van der Waals surface area contributed by atoms with Gasteiger partial charge in [0.05, 0.1) is 24.3 Å². The van der Waals surface area contributed by atoms with Crippen molar-refractivity contribution in [3.8, 4) is 5.75 Å². The van der Waals surface area contributed by atoms with Gasteiger partial charge in [0.2, 0.25) is 5.82 Å². The van der Waals surface area contributed by atoms with Crippen LogP contribution in [0, 0.1) is 27.6 Å². The number of benzene rings is 2. The zero-order valence-electron chi connectivity index (χ0n) is 18.8. The van der Waals surface area contributed by atoms with E-state index in [-0.39, 0.29) is 11.4 Å². The second kappa shape index (κ2) is 12.9. The number of aromatic nitrogens is 2. The van der Waals surface area contributed by atoms with Crippen molar-refractivity contribution in [3.05, 3.63) is 76.4 Å². The minimum Gasteiger partial charge on any atom is -0.494 e. The van der Waals surface area contributed by atoms with Gasteiger partial charge in [-0.2, -0.15) is 4.39 Å². The largest absolute Gasteiger partial charge is 0.494 e. The summed E-state index contributed by atoms with van der Waals surface area (Å²) in [5.74, 6) is -1.00. The predicted octanol–water partition coefficient (Wildman–Crippen LogP) is 5.41. The molecule has 9 nitrogen and oxygen atoms in total. The quantitative estimate of drug-likeness (QED) is 0.383. The molecule has 0 aliphatic carbocycles. The summed E-state index contributed by atoms with van der Waals surface area (Å²) in [5, 5.41) is 15.4. The van der Waals surface area contributed by atoms with Crippen molar-refractivity contribution in [2.45, 2.75) is 20.3 Å². The zero-order chi connectivity index (χ0) is 25.1. The third kappa shape index (κ3) is 7.30. The van der Waals surface area contributed by atoms with Gasteiger partial charge in [0.1, 0.15) is 29.5 Å². The van der Waals surface area contributed by atoms with Crippen molar-refractivity contribution in [1.82, 2.24) is 9.97 Å². The van der Waals surface area contributed by atoms with Crippen LogP contribution in [0.2, 0.25) is 0 Å². The van der Waals surface area contributed by atoms with Gasteiger partial charge in [-0.15, -0.1) is 0 Å². The Labute approximate surface area is 194 Å². The van der Waals surface area contributed by atoms with Gasteiger partial charge in [-0.25, -0.2) is 23.8 Å². The van der Waals surface area contributed by atoms with E-state index in [0.717, 1.165) is 24.6 Å². The van der Waals surface area contributed by atoms with E-state index < -0.39 is 28.1 Å². The van der Waals surface area contributed by atoms with Gasteiger partial charge in [0.25, 0.3) is 0 Å². The molecule has 1 aromatic heterocycles. The Morgan fingerprint density at radius 3 is 2.35 bits per heavy atom. The topological polar surface area (TPSA) is 103 Å². The van der Waals surface area contributed by atoms with Crippen molar-refractivity contribution in [3.63, 3.8) is 0 Å². The van der Waals surface area contributed by atoms with E-state index >= 15 is 0 Å². The van der Waals surface area contributed by atoms with Crippen molar-refractivity contribution in [2.24, 2.45) is 0 Å². The molecule has 0 saturated carbocycles. The fraction of sp³-hybridized carbons (Fsp3) is 0.273. The van der Waals surface area contributed by atoms with Gasteiger partial charge in [-0.1, -0.05) is 19.9 Å². The first-order valence-electron chi connectivity index (χ1n) is 10.3. The minimum atomic E-state index is -0.976. The van der Waals surface area contributed by atoms with Gasteiger partial charge < -0.3 is 10.1 Å². The van der Waals surface area contributed by atoms with E-state index in [0.29, 0.717) is 24.8 Å². The maximum absolute atomic E-state index is 13.7. The molecule has 0 amide bonds. The van der Waals surface area contributed by atoms with Gasteiger partial charge in [0, 0.05) is 30.8 Å². The summed E-state index contributed by atoms with van der Waals surface area (Å²) in [6, 6.07) is 8.19. The van der Waals surface area contributed by atoms with Crippen molar-refractivity contribution < 1.29 is 27.7 Å². The number of ether oxygens (including phenoxy) is 1. The first kappa shape index (κ1) is 26.3. The number of hydrogen-bond donors (Lipinski definition) is 1. The molecule has 4 rings (SSSR count). The molecule has 0 bridgehead atoms. The molecule has 0 radical (unpaired) electrons. The summed E-state index contributed by atoms with van der Waals surface area (Å²) in [6.07, 6.45) is 2.23. The summed E-state index contributed by atoms with van der Waals surface area (Å²) in [7, 11) is 1.34. The second-order valence-electron chi connectivity index (χ2n) is 6.38. The number of nitrogens with zero attached hydrogens (tertiary/aromatic N) is 4. The molecule has 0 atom stereocenters. The number of methoxy groups -OCH3 is 1. The lowest BCUT2D eigenvalue weighted by molar-refractivity contribution is -0.387. The molecule has 0 spiro atoms. The standard InChI is InChI=1S/C14H14FN5O4.C6H4F2.C2H6/c1-23-12-5-9(15)11(20(21)22)6-10(12)18-13-7-14(17-8-16-13)19-3-2-4-24-19;7-5-2-1-3-6(8)4-5;1-2/h5-8H,2-4H2,1H3,(H,16,17,18);1-4H;1-2H3. The molecule has 182 valence electrons. The number of hydroxylamine groups is 1. The second-order valence-corrected chi connectivity index (χ2v) is 6.38. The highest BCUT2D eigenvalue weighted by Gasteiger charge is 2.20. The Kier molecular flexibility index (Phi) is 10.0. The lowest BCUT2D eigenvalue weighted by Crippen LogP contribution is -2.17. The van der Waals surface area contributed by atoms with Crippen molar-refractivity contribution >= 4 is 23.0 Å². The molecule has 1 aliphatic heterocycles. The Hall–Kier alpha value is -3.93. The fourth-order valence-electron chi connectivity index (χ4n) is 2.73. The molecule has 2 aromatic carbocycles. The van der Waals surface area contributed by atoms with Gasteiger partial charge in [0.15, 0.2) is 5.82 Å². The Balaban J connectivity index is 0.000000343. The minimum absolute atomic E-state index is 0.121. The van der Waals surface area contributed by atoms with Crippen LogP contribution in [0.3, 0.4) is 0 Å². The fourth-order valence-corrected chi connectivity index (χ4v) is 2.73. The van der Waals surface area contributed by atoms with Crippen LogP contribution in [0.15, 0.2) is 48.8 Å². The molecule has 34 heavy (non-hydrogen) atoms. The lowest BCUT2D eigenvalue weighted by Gasteiger charge is -2.16. The number of nitrogens with one attached hydrogen (secondary N) is 1. The maximum atomic E-state index is 13.7. The number of hydrogen-bond acceptors (Lipinski definition) is 8. The van der Waals surface area contributed by atoms with E-state index in [9.17, 15) is 23.3 Å². The van der Waals surface area contributed by atoms with Gasteiger partial charge in [-0.05, 0) is 18.6 Å². The summed E-state index contributed by atoms with van der Waals surface area (Å²) in [4.78, 5) is 23.7. The number of nitro groups is 1. The smallest absolute Gasteiger partial charge is 0.307 e. The molecular weight excluding hydrogens is 455 g/mol. The normalized spacial score (nSPS) is 12.1. The molecule has 0 unspecified atom stereocenters. The van der Waals surface area contributed by atoms with Crippen LogP contribution in [0.4, 0.5) is 36.2 Å². The summed E-state index contributed by atoms with van der Waals surface area (Å²) < 4.78 is 42.6. The van der Waals surface area contributed by atoms with Crippen LogP contribution in [0.25, 0.3) is 0 Å². The maximum Gasteiger partial charge on any atom is 0.307 e. The first-order valence-corrected chi connectivity index (χ1v) is 10.3. The number of halogens is 3. The highest BCUT2D eigenvalue weighted by atomic mass is 19.1. The van der Waals surface area contributed by atoms with Crippen LogP contribution in [0.5, 0.6) is 5.75 Å². The number of nitro benzene ring substituents is 1. The highest BCUT2D eigenvalue weighted by molar-refractivity contribution is 5.68. The Morgan fingerprint density at radius 2 is 1.82 bits per heavy atom. The molecular formula is C22H24F3N5O4. The third-order valence-electron chi connectivity index (χ3n) is 4.18. The lowest BCUT2D eigenvalue weighted by atomic mass is 10.2. The molecule has 1 N–H and O–H groups in total. The first-order chi connectivity index (χ1) is 16.4. The molecule has 1 aliphatic rings. The van der Waals surface area contributed by atoms with Crippen LogP contribution in [-0.4, -0.2) is 35.2 Å². The molecule has 3 aromatic rings. The molecule has 12 heteroatoms. The molecule has 1 fully saturated rings. The van der Waals surface area contributed by atoms with Crippen LogP contribution >= 0.6 is 0 Å². The van der Waals surface area contributed by atoms with Crippen LogP contribution < -0.4 is 15.1 Å². The van der Waals surface area contributed by atoms with Crippen molar-refractivity contribution in [1.29, 1.82) is 0 Å².